The number of rotatable bonds is 3. The van der Waals surface area contributed by atoms with Gasteiger partial charge < -0.3 is 14.3 Å². The summed E-state index contributed by atoms with van der Waals surface area (Å²) in [6.45, 7) is 1.83. The number of H-pyrrole nitrogens is 1. The van der Waals surface area contributed by atoms with Gasteiger partial charge in [-0.3, -0.25) is 4.55 Å². The third-order valence-electron chi connectivity index (χ3n) is 4.56. The molecule has 24 heavy (non-hydrogen) atoms. The molecule has 0 saturated carbocycles. The molecule has 1 aliphatic rings. The Kier molecular flexibility index (Phi) is 3.23. The standard InChI is InChI=1S/C16H17N3O4S/c1-9-17-7-15-16-13(5-10(19(9)15)8-24(20,21)22)12-6-11(23-2)3-4-14(12)18-16/h3-4,6-7,10,18H,5,8H2,1-2H3,(H,20,21,22). The van der Waals surface area contributed by atoms with Gasteiger partial charge in [0.25, 0.3) is 10.1 Å². The molecule has 2 aromatic heterocycles. The van der Waals surface area contributed by atoms with Crippen molar-refractivity contribution in [2.45, 2.75) is 19.4 Å². The first kappa shape index (κ1) is 15.2. The normalized spacial score (nSPS) is 16.9. The van der Waals surface area contributed by atoms with Gasteiger partial charge in [-0.2, -0.15) is 8.42 Å². The van der Waals surface area contributed by atoms with Gasteiger partial charge in [0.1, 0.15) is 11.6 Å². The molecule has 0 fully saturated rings. The molecule has 7 nitrogen and oxygen atoms in total. The van der Waals surface area contributed by atoms with Crippen LogP contribution in [0.1, 0.15) is 17.4 Å². The van der Waals surface area contributed by atoms with Crippen molar-refractivity contribution < 1.29 is 17.7 Å². The molecule has 3 heterocycles. The van der Waals surface area contributed by atoms with Crippen molar-refractivity contribution >= 4 is 21.0 Å². The first-order valence-corrected chi connectivity index (χ1v) is 9.16. The second-order valence-electron chi connectivity index (χ2n) is 6.06. The minimum atomic E-state index is -4.10. The molecule has 1 unspecified atom stereocenters. The maximum atomic E-state index is 11.5. The molecule has 4 rings (SSSR count). The maximum Gasteiger partial charge on any atom is 0.266 e. The van der Waals surface area contributed by atoms with E-state index in [1.807, 2.05) is 29.7 Å². The highest BCUT2D eigenvalue weighted by atomic mass is 32.2. The topological polar surface area (TPSA) is 97.2 Å². The van der Waals surface area contributed by atoms with E-state index in [1.54, 1.807) is 13.3 Å². The number of nitrogens with zero attached hydrogens (tertiary/aromatic N) is 2. The Morgan fingerprint density at radius 2 is 2.25 bits per heavy atom. The molecule has 1 atom stereocenters. The van der Waals surface area contributed by atoms with Crippen molar-refractivity contribution in [2.75, 3.05) is 12.9 Å². The van der Waals surface area contributed by atoms with E-state index in [4.69, 9.17) is 4.74 Å². The molecule has 0 spiro atoms. The number of ether oxygens (including phenoxy) is 1. The highest BCUT2D eigenvalue weighted by Crippen LogP contribution is 2.40. The summed E-state index contributed by atoms with van der Waals surface area (Å²) in [5.41, 5.74) is 3.74. The van der Waals surface area contributed by atoms with Crippen LogP contribution in [0.25, 0.3) is 22.3 Å². The number of hydrogen-bond donors (Lipinski definition) is 2. The molecule has 2 N–H and O–H groups in total. The summed E-state index contributed by atoms with van der Waals surface area (Å²) in [4.78, 5) is 7.72. The summed E-state index contributed by atoms with van der Waals surface area (Å²) < 4.78 is 39.4. The van der Waals surface area contributed by atoms with Gasteiger partial charge in [0.05, 0.1) is 36.5 Å². The Balaban J connectivity index is 1.95. The largest absolute Gasteiger partial charge is 0.497 e. The summed E-state index contributed by atoms with van der Waals surface area (Å²) in [6, 6.07) is 5.37. The van der Waals surface area contributed by atoms with E-state index in [9.17, 15) is 13.0 Å². The van der Waals surface area contributed by atoms with Crippen LogP contribution < -0.4 is 4.74 Å². The van der Waals surface area contributed by atoms with E-state index < -0.39 is 16.2 Å². The molecular weight excluding hydrogens is 330 g/mol. The molecule has 0 bridgehead atoms. The average Bonchev–Trinajstić information content (AvgIpc) is 3.06. The van der Waals surface area contributed by atoms with Crippen LogP contribution in [0, 0.1) is 6.92 Å². The summed E-state index contributed by atoms with van der Waals surface area (Å²) in [5, 5.41) is 0.995. The van der Waals surface area contributed by atoms with Crippen LogP contribution in [0.2, 0.25) is 0 Å². The van der Waals surface area contributed by atoms with Gasteiger partial charge in [0, 0.05) is 10.9 Å². The zero-order valence-corrected chi connectivity index (χ0v) is 14.1. The molecule has 8 heteroatoms. The Bertz CT molecular complexity index is 1050. The van der Waals surface area contributed by atoms with E-state index in [2.05, 4.69) is 9.97 Å². The van der Waals surface area contributed by atoms with Crippen LogP contribution in [0.4, 0.5) is 0 Å². The number of benzene rings is 1. The van der Waals surface area contributed by atoms with Crippen LogP contribution >= 0.6 is 0 Å². The molecular formula is C16H17N3O4S. The van der Waals surface area contributed by atoms with Crippen molar-refractivity contribution in [2.24, 2.45) is 0 Å². The summed E-state index contributed by atoms with van der Waals surface area (Å²) in [7, 11) is -2.49. The number of methoxy groups -OCH3 is 1. The van der Waals surface area contributed by atoms with E-state index in [0.717, 1.165) is 39.4 Å². The lowest BCUT2D eigenvalue weighted by Crippen LogP contribution is -2.26. The lowest BCUT2D eigenvalue weighted by molar-refractivity contribution is 0.415. The first-order chi connectivity index (χ1) is 11.4. The number of aromatic nitrogens is 3. The van der Waals surface area contributed by atoms with Crippen LogP contribution in [0.3, 0.4) is 0 Å². The van der Waals surface area contributed by atoms with Gasteiger partial charge in [0.15, 0.2) is 0 Å². The smallest absolute Gasteiger partial charge is 0.266 e. The van der Waals surface area contributed by atoms with Crippen molar-refractivity contribution in [3.8, 4) is 17.1 Å². The second kappa shape index (κ2) is 5.09. The average molecular weight is 347 g/mol. The Morgan fingerprint density at radius 1 is 1.46 bits per heavy atom. The lowest BCUT2D eigenvalue weighted by Gasteiger charge is -2.26. The summed E-state index contributed by atoms with van der Waals surface area (Å²) >= 11 is 0. The lowest BCUT2D eigenvalue weighted by atomic mass is 9.98. The van der Waals surface area contributed by atoms with Gasteiger partial charge >= 0.3 is 0 Å². The van der Waals surface area contributed by atoms with E-state index >= 15 is 0 Å². The monoisotopic (exact) mass is 347 g/mol. The Morgan fingerprint density at radius 3 is 2.96 bits per heavy atom. The maximum absolute atomic E-state index is 11.5. The molecule has 126 valence electrons. The van der Waals surface area contributed by atoms with Crippen LogP contribution in [0.15, 0.2) is 24.4 Å². The number of aromatic amines is 1. The molecule has 0 amide bonds. The zero-order chi connectivity index (χ0) is 17.1. The number of imidazole rings is 1. The Hall–Kier alpha value is -2.32. The van der Waals surface area contributed by atoms with Gasteiger partial charge in [-0.05, 0) is 37.1 Å². The minimum absolute atomic E-state index is 0.340. The van der Waals surface area contributed by atoms with E-state index in [-0.39, 0.29) is 5.75 Å². The summed E-state index contributed by atoms with van der Waals surface area (Å²) in [5.74, 6) is 1.12. The third-order valence-corrected chi connectivity index (χ3v) is 5.37. The van der Waals surface area contributed by atoms with Crippen LogP contribution in [-0.2, 0) is 16.5 Å². The number of aryl methyl sites for hydroxylation is 1. The number of nitrogens with one attached hydrogen (secondary N) is 1. The highest BCUT2D eigenvalue weighted by molar-refractivity contribution is 7.85. The van der Waals surface area contributed by atoms with Crippen molar-refractivity contribution in [3.05, 3.63) is 35.8 Å². The molecule has 1 aromatic carbocycles. The molecule has 0 aliphatic carbocycles. The van der Waals surface area contributed by atoms with Crippen molar-refractivity contribution in [3.63, 3.8) is 0 Å². The number of hydrogen-bond acceptors (Lipinski definition) is 4. The van der Waals surface area contributed by atoms with E-state index in [1.165, 1.54) is 0 Å². The van der Waals surface area contributed by atoms with Crippen molar-refractivity contribution in [1.82, 2.24) is 14.5 Å². The predicted molar refractivity (Wildman–Crippen MR) is 90.0 cm³/mol. The predicted octanol–water partition coefficient (Wildman–Crippen LogP) is 2.33. The quantitative estimate of drug-likeness (QED) is 0.709. The molecule has 3 aromatic rings. The van der Waals surface area contributed by atoms with E-state index in [0.29, 0.717) is 6.42 Å². The summed E-state index contributed by atoms with van der Waals surface area (Å²) in [6.07, 6.45) is 2.23. The first-order valence-electron chi connectivity index (χ1n) is 7.55. The second-order valence-corrected chi connectivity index (χ2v) is 7.55. The third kappa shape index (κ3) is 2.30. The molecule has 0 saturated heterocycles. The number of fused-ring (bicyclic) bond motifs is 5. The van der Waals surface area contributed by atoms with Crippen LogP contribution in [0.5, 0.6) is 5.75 Å². The Labute approximate surface area is 139 Å². The van der Waals surface area contributed by atoms with Gasteiger partial charge in [0.2, 0.25) is 0 Å². The fourth-order valence-electron chi connectivity index (χ4n) is 3.59. The van der Waals surface area contributed by atoms with Gasteiger partial charge in [-0.15, -0.1) is 0 Å². The zero-order valence-electron chi connectivity index (χ0n) is 13.3. The molecule has 0 radical (unpaired) electrons. The fraction of sp³-hybridized carbons (Fsp3) is 0.312. The van der Waals surface area contributed by atoms with Crippen molar-refractivity contribution in [1.29, 1.82) is 0 Å². The van der Waals surface area contributed by atoms with Gasteiger partial charge in [-0.1, -0.05) is 0 Å². The van der Waals surface area contributed by atoms with Gasteiger partial charge in [-0.25, -0.2) is 4.98 Å². The fourth-order valence-corrected chi connectivity index (χ4v) is 4.34. The SMILES string of the molecule is COc1ccc2[nH]c3c(c2c1)CC(CS(=O)(=O)O)n1c-3cnc1C. The minimum Gasteiger partial charge on any atom is -0.497 e. The molecule has 1 aliphatic heterocycles. The highest BCUT2D eigenvalue weighted by Gasteiger charge is 2.31. The van der Waals surface area contributed by atoms with Crippen LogP contribution in [-0.4, -0.2) is 40.4 Å².